The molecule has 0 bridgehead atoms. The zero-order chi connectivity index (χ0) is 22.0. The quantitative estimate of drug-likeness (QED) is 0.126. The van der Waals surface area contributed by atoms with Gasteiger partial charge in [0.05, 0.1) is 0 Å². The minimum Gasteiger partial charge on any atom is -0.292 e. The van der Waals surface area contributed by atoms with Gasteiger partial charge in [-0.05, 0) is 41.4 Å². The molecule has 1 heterocycles. The Morgan fingerprint density at radius 2 is 1.24 bits per heavy atom. The van der Waals surface area contributed by atoms with Crippen LogP contribution in [0.15, 0.2) is 127 Å². The van der Waals surface area contributed by atoms with Crippen molar-refractivity contribution in [3.05, 3.63) is 133 Å². The van der Waals surface area contributed by atoms with E-state index in [1.165, 1.54) is 32.1 Å². The maximum absolute atomic E-state index is 5.26. The molecule has 3 heteroatoms. The van der Waals surface area contributed by atoms with E-state index >= 15 is 0 Å². The number of hydrogen-bond donors (Lipinski definition) is 0. The van der Waals surface area contributed by atoms with Crippen LogP contribution in [0.4, 0.5) is 0 Å². The second-order valence-electron chi connectivity index (χ2n) is 8.12. The standard InChI is InChI=1S/C31H21NP.Os/c1-4-12-23(13-5-1)29-21-20-25-22-24-14-10-11-19-28(24)31(30(25)32-29)33(26-15-6-2-7-16-26)27-17-8-3-9-18-27;/h1-12,14-22H;/q-1;+1/p+1. The van der Waals surface area contributed by atoms with Crippen LogP contribution in [-0.2, 0) is 19.8 Å². The SMILES string of the molecule is [Os+].[c-]1ccccc1-c1ccc2cc3ccccc3c([PH+](c3ccccc3)c3ccccc3)c2n1. The first-order chi connectivity index (χ1) is 16.4. The molecule has 0 unspecified atom stereocenters. The Morgan fingerprint density at radius 3 is 1.91 bits per heavy atom. The van der Waals surface area contributed by atoms with Gasteiger partial charge in [0.15, 0.2) is 0 Å². The van der Waals surface area contributed by atoms with Crippen LogP contribution in [0.3, 0.4) is 0 Å². The maximum Gasteiger partial charge on any atom is 1.00 e. The van der Waals surface area contributed by atoms with Crippen LogP contribution in [-0.4, -0.2) is 4.98 Å². The van der Waals surface area contributed by atoms with Gasteiger partial charge in [-0.3, -0.25) is 4.98 Å². The molecule has 0 spiro atoms. The largest absolute Gasteiger partial charge is 1.00 e. The number of aromatic nitrogens is 1. The van der Waals surface area contributed by atoms with Crippen molar-refractivity contribution >= 4 is 45.5 Å². The van der Waals surface area contributed by atoms with Crippen LogP contribution in [0.25, 0.3) is 32.9 Å². The number of fused-ring (bicyclic) bond motifs is 2. The molecule has 163 valence electrons. The van der Waals surface area contributed by atoms with Crippen molar-refractivity contribution in [3.8, 4) is 11.3 Å². The van der Waals surface area contributed by atoms with Gasteiger partial charge in [0.1, 0.15) is 29.4 Å². The van der Waals surface area contributed by atoms with Crippen LogP contribution >= 0.6 is 7.92 Å². The van der Waals surface area contributed by atoms with Crippen LogP contribution in [0, 0.1) is 6.07 Å². The number of pyridine rings is 1. The summed E-state index contributed by atoms with van der Waals surface area (Å²) in [6.45, 7) is 0. The van der Waals surface area contributed by atoms with Gasteiger partial charge in [-0.1, -0.05) is 72.8 Å². The molecule has 0 saturated carbocycles. The van der Waals surface area contributed by atoms with Crippen LogP contribution < -0.4 is 15.9 Å². The summed E-state index contributed by atoms with van der Waals surface area (Å²) >= 11 is 0. The molecule has 0 amide bonds. The molecule has 0 aliphatic carbocycles. The normalized spacial score (nSPS) is 11.0. The Kier molecular flexibility index (Phi) is 6.65. The molecule has 0 N–H and O–H groups in total. The second-order valence-corrected chi connectivity index (χ2v) is 10.5. The Hall–Kier alpha value is -3.16. The van der Waals surface area contributed by atoms with E-state index in [0.29, 0.717) is 0 Å². The smallest absolute Gasteiger partial charge is 0.292 e. The van der Waals surface area contributed by atoms with E-state index in [-0.39, 0.29) is 19.8 Å². The molecule has 0 fully saturated rings. The van der Waals surface area contributed by atoms with Gasteiger partial charge in [-0.25, -0.2) is 0 Å². The molecule has 6 aromatic rings. The summed E-state index contributed by atoms with van der Waals surface area (Å²) in [5.74, 6) is 0. The molecule has 6 rings (SSSR count). The molecule has 1 nitrogen and oxygen atoms in total. The maximum atomic E-state index is 5.26. The topological polar surface area (TPSA) is 12.9 Å². The molecule has 1 aromatic heterocycles. The Bertz CT molecular complexity index is 1510. The fourth-order valence-electron chi connectivity index (χ4n) is 4.55. The minimum atomic E-state index is -1.30. The Labute approximate surface area is 214 Å². The Morgan fingerprint density at radius 1 is 0.588 bits per heavy atom. The number of nitrogens with zero attached hydrogens (tertiary/aromatic N) is 1. The fourth-order valence-corrected chi connectivity index (χ4v) is 7.45. The summed E-state index contributed by atoms with van der Waals surface area (Å²) in [5.41, 5.74) is 3.07. The molecule has 0 saturated heterocycles. The molecule has 0 atom stereocenters. The van der Waals surface area contributed by atoms with E-state index in [1.54, 1.807) is 0 Å². The van der Waals surface area contributed by atoms with E-state index in [1.807, 2.05) is 18.2 Å². The Balaban J connectivity index is 0.00000241. The molecule has 0 aliphatic rings. The monoisotopic (exact) mass is 631 g/mol. The van der Waals surface area contributed by atoms with Crippen molar-refractivity contribution in [2.45, 2.75) is 0 Å². The van der Waals surface area contributed by atoms with Gasteiger partial charge in [0.2, 0.25) is 0 Å². The van der Waals surface area contributed by atoms with Crippen molar-refractivity contribution in [3.63, 3.8) is 0 Å². The first-order valence-corrected chi connectivity index (χ1v) is 12.7. The van der Waals surface area contributed by atoms with Gasteiger partial charge in [0.25, 0.3) is 0 Å². The van der Waals surface area contributed by atoms with Crippen LogP contribution in [0.2, 0.25) is 0 Å². The second kappa shape index (κ2) is 9.99. The van der Waals surface area contributed by atoms with Gasteiger partial charge < -0.3 is 0 Å². The molecule has 0 aliphatic heterocycles. The van der Waals surface area contributed by atoms with Crippen molar-refractivity contribution < 1.29 is 19.8 Å². The van der Waals surface area contributed by atoms with Crippen molar-refractivity contribution in [1.29, 1.82) is 0 Å². The average molecular weight is 630 g/mol. The van der Waals surface area contributed by atoms with Crippen LogP contribution in [0.1, 0.15) is 0 Å². The van der Waals surface area contributed by atoms with Gasteiger partial charge in [0, 0.05) is 10.8 Å². The van der Waals surface area contributed by atoms with E-state index in [4.69, 9.17) is 4.98 Å². The summed E-state index contributed by atoms with van der Waals surface area (Å²) < 4.78 is 0. The van der Waals surface area contributed by atoms with E-state index in [0.717, 1.165) is 16.8 Å². The molecular weight excluding hydrogens is 608 g/mol. The number of hydrogen-bond acceptors (Lipinski definition) is 1. The van der Waals surface area contributed by atoms with Crippen molar-refractivity contribution in [1.82, 2.24) is 4.98 Å². The van der Waals surface area contributed by atoms with E-state index in [9.17, 15) is 0 Å². The van der Waals surface area contributed by atoms with E-state index in [2.05, 4.69) is 115 Å². The first-order valence-electron chi connectivity index (χ1n) is 11.2. The van der Waals surface area contributed by atoms with Crippen LogP contribution in [0.5, 0.6) is 0 Å². The van der Waals surface area contributed by atoms with Crippen molar-refractivity contribution in [2.75, 3.05) is 0 Å². The molecule has 34 heavy (non-hydrogen) atoms. The number of rotatable bonds is 4. The third kappa shape index (κ3) is 4.21. The summed E-state index contributed by atoms with van der Waals surface area (Å²) in [4.78, 5) is 5.26. The zero-order valence-corrected chi connectivity index (χ0v) is 22.0. The third-order valence-corrected chi connectivity index (χ3v) is 8.89. The molecular formula is C31H22NOsP+. The molecule has 1 radical (unpaired) electrons. The van der Waals surface area contributed by atoms with Gasteiger partial charge in [-0.2, -0.15) is 0 Å². The van der Waals surface area contributed by atoms with Gasteiger partial charge >= 0.3 is 19.8 Å². The average Bonchev–Trinajstić information content (AvgIpc) is 2.90. The summed E-state index contributed by atoms with van der Waals surface area (Å²) in [5, 5.41) is 7.80. The first kappa shape index (κ1) is 22.6. The van der Waals surface area contributed by atoms with E-state index < -0.39 is 7.92 Å². The minimum absolute atomic E-state index is 0. The predicted octanol–water partition coefficient (Wildman–Crippen LogP) is 6.34. The summed E-state index contributed by atoms with van der Waals surface area (Å²) in [6, 6.07) is 48.6. The summed E-state index contributed by atoms with van der Waals surface area (Å²) in [7, 11) is -1.30. The zero-order valence-electron chi connectivity index (χ0n) is 18.4. The van der Waals surface area contributed by atoms with Gasteiger partial charge in [-0.15, -0.1) is 35.9 Å². The van der Waals surface area contributed by atoms with Crippen molar-refractivity contribution in [2.24, 2.45) is 0 Å². The number of benzene rings is 5. The summed E-state index contributed by atoms with van der Waals surface area (Å²) in [6.07, 6.45) is 0. The third-order valence-electron chi connectivity index (χ3n) is 6.06. The predicted molar refractivity (Wildman–Crippen MR) is 144 cm³/mol. The fraction of sp³-hybridized carbons (Fsp3) is 0. The molecule has 5 aromatic carbocycles.